The maximum Gasteiger partial charge on any atom is 0.222 e. The normalized spacial score (nSPS) is 15.7. The Kier molecular flexibility index (Phi) is 6.93. The van der Waals surface area contributed by atoms with Gasteiger partial charge in [0.05, 0.1) is 21.3 Å². The van der Waals surface area contributed by atoms with Crippen molar-refractivity contribution in [2.24, 2.45) is 0 Å². The molecule has 0 atom stereocenters. The van der Waals surface area contributed by atoms with Gasteiger partial charge in [-0.2, -0.15) is 0 Å². The Balaban J connectivity index is 1.99. The van der Waals surface area contributed by atoms with Gasteiger partial charge in [0.2, 0.25) is 11.7 Å². The van der Waals surface area contributed by atoms with Crippen molar-refractivity contribution in [1.29, 1.82) is 0 Å². The van der Waals surface area contributed by atoms with E-state index in [0.29, 0.717) is 36.1 Å². The van der Waals surface area contributed by atoms with E-state index in [1.807, 2.05) is 24.1 Å². The largest absolute Gasteiger partial charge is 0.493 e. The summed E-state index contributed by atoms with van der Waals surface area (Å²) in [5.41, 5.74) is 1.000. The molecule has 0 unspecified atom stereocenters. The van der Waals surface area contributed by atoms with Crippen LogP contribution < -0.4 is 14.2 Å². The predicted molar refractivity (Wildman–Crippen MR) is 97.7 cm³/mol. The Labute approximate surface area is 150 Å². The summed E-state index contributed by atoms with van der Waals surface area (Å²) >= 11 is 0. The first-order valence-corrected chi connectivity index (χ1v) is 8.73. The monoisotopic (exact) mass is 350 g/mol. The van der Waals surface area contributed by atoms with Crippen LogP contribution in [0, 0.1) is 0 Å². The van der Waals surface area contributed by atoms with Gasteiger partial charge in [-0.05, 0) is 57.1 Å². The van der Waals surface area contributed by atoms with Gasteiger partial charge in [-0.25, -0.2) is 0 Å². The molecule has 0 radical (unpaired) electrons. The molecular formula is C19H30N2O4. The molecule has 0 N–H and O–H groups in total. The Hall–Kier alpha value is -1.95. The minimum absolute atomic E-state index is 0.184. The number of benzene rings is 1. The molecule has 0 aliphatic carbocycles. The minimum atomic E-state index is 0.184. The smallest absolute Gasteiger partial charge is 0.222 e. The number of amides is 1. The molecule has 1 aromatic rings. The minimum Gasteiger partial charge on any atom is -0.493 e. The summed E-state index contributed by atoms with van der Waals surface area (Å²) in [6.45, 7) is 2.10. The second-order valence-electron chi connectivity index (χ2n) is 6.57. The number of piperidine rings is 1. The highest BCUT2D eigenvalue weighted by Crippen LogP contribution is 2.38. The van der Waals surface area contributed by atoms with Gasteiger partial charge >= 0.3 is 0 Å². The highest BCUT2D eigenvalue weighted by molar-refractivity contribution is 5.76. The number of likely N-dealkylation sites (tertiary alicyclic amines) is 1. The van der Waals surface area contributed by atoms with Crippen molar-refractivity contribution in [3.8, 4) is 17.2 Å². The molecule has 0 saturated carbocycles. The number of hydrogen-bond donors (Lipinski definition) is 0. The van der Waals surface area contributed by atoms with Gasteiger partial charge in [0.15, 0.2) is 11.5 Å². The average Bonchev–Trinajstić information content (AvgIpc) is 2.64. The molecule has 0 spiro atoms. The number of methoxy groups -OCH3 is 3. The first kappa shape index (κ1) is 19.4. The van der Waals surface area contributed by atoms with E-state index in [-0.39, 0.29) is 5.91 Å². The SMILES string of the molecule is COc1cc(CCC(=O)N(C)C2CCN(C)CC2)cc(OC)c1OC. The van der Waals surface area contributed by atoms with E-state index in [1.165, 1.54) is 0 Å². The molecule has 140 valence electrons. The van der Waals surface area contributed by atoms with Crippen molar-refractivity contribution in [3.63, 3.8) is 0 Å². The van der Waals surface area contributed by atoms with E-state index < -0.39 is 0 Å². The van der Waals surface area contributed by atoms with Crippen LogP contribution in [0.5, 0.6) is 17.2 Å². The number of carbonyl (C=O) groups is 1. The fourth-order valence-corrected chi connectivity index (χ4v) is 3.29. The van der Waals surface area contributed by atoms with Crippen LogP contribution in [-0.4, -0.2) is 70.3 Å². The summed E-state index contributed by atoms with van der Waals surface area (Å²) in [5.74, 6) is 1.99. The van der Waals surface area contributed by atoms with Gasteiger partial charge in [0, 0.05) is 19.5 Å². The van der Waals surface area contributed by atoms with Crippen molar-refractivity contribution < 1.29 is 19.0 Å². The lowest BCUT2D eigenvalue weighted by Gasteiger charge is -2.35. The van der Waals surface area contributed by atoms with Crippen LogP contribution in [0.3, 0.4) is 0 Å². The number of rotatable bonds is 7. The maximum atomic E-state index is 12.6. The molecule has 0 aromatic heterocycles. The fraction of sp³-hybridized carbons (Fsp3) is 0.632. The molecule has 2 rings (SSSR count). The van der Waals surface area contributed by atoms with E-state index in [2.05, 4.69) is 11.9 Å². The molecule has 0 bridgehead atoms. The van der Waals surface area contributed by atoms with Crippen molar-refractivity contribution in [2.45, 2.75) is 31.7 Å². The van der Waals surface area contributed by atoms with Gasteiger partial charge in [-0.1, -0.05) is 0 Å². The third kappa shape index (κ3) is 4.78. The number of carbonyl (C=O) groups excluding carboxylic acids is 1. The zero-order valence-electron chi connectivity index (χ0n) is 16.0. The van der Waals surface area contributed by atoms with Crippen molar-refractivity contribution >= 4 is 5.91 Å². The van der Waals surface area contributed by atoms with E-state index in [4.69, 9.17) is 14.2 Å². The molecular weight excluding hydrogens is 320 g/mol. The first-order chi connectivity index (χ1) is 12.0. The van der Waals surface area contributed by atoms with Crippen LogP contribution >= 0.6 is 0 Å². The summed E-state index contributed by atoms with van der Waals surface area (Å²) < 4.78 is 16.1. The molecule has 6 heteroatoms. The number of nitrogens with zero attached hydrogens (tertiary/aromatic N) is 2. The predicted octanol–water partition coefficient (Wildman–Crippen LogP) is 2.20. The standard InChI is InChI=1S/C19H30N2O4/c1-20-10-8-15(9-11-20)21(2)18(22)7-6-14-12-16(23-3)19(25-5)17(13-14)24-4/h12-13,15H,6-11H2,1-5H3. The molecule has 1 aliphatic rings. The summed E-state index contributed by atoms with van der Waals surface area (Å²) in [5, 5.41) is 0. The third-order valence-electron chi connectivity index (χ3n) is 4.98. The first-order valence-electron chi connectivity index (χ1n) is 8.73. The fourth-order valence-electron chi connectivity index (χ4n) is 3.29. The zero-order valence-corrected chi connectivity index (χ0v) is 16.0. The second-order valence-corrected chi connectivity index (χ2v) is 6.57. The van der Waals surface area contributed by atoms with Gasteiger partial charge < -0.3 is 24.0 Å². The van der Waals surface area contributed by atoms with Crippen molar-refractivity contribution in [1.82, 2.24) is 9.80 Å². The van der Waals surface area contributed by atoms with E-state index in [9.17, 15) is 4.79 Å². The van der Waals surface area contributed by atoms with Crippen LogP contribution in [0.4, 0.5) is 0 Å². The molecule has 1 amide bonds. The van der Waals surface area contributed by atoms with E-state index in [0.717, 1.165) is 31.5 Å². The van der Waals surface area contributed by atoms with Gasteiger partial charge in [-0.3, -0.25) is 4.79 Å². The summed E-state index contributed by atoms with van der Waals surface area (Å²) in [6.07, 6.45) is 3.21. The lowest BCUT2D eigenvalue weighted by Crippen LogP contribution is -2.44. The number of aryl methyl sites for hydroxylation is 1. The molecule has 1 saturated heterocycles. The van der Waals surface area contributed by atoms with Crippen molar-refractivity contribution in [2.75, 3.05) is 48.5 Å². The lowest BCUT2D eigenvalue weighted by molar-refractivity contribution is -0.132. The quantitative estimate of drug-likeness (QED) is 0.755. The number of hydrogen-bond acceptors (Lipinski definition) is 5. The summed E-state index contributed by atoms with van der Waals surface area (Å²) in [4.78, 5) is 16.8. The molecule has 1 fully saturated rings. The van der Waals surface area contributed by atoms with Crippen LogP contribution in [0.1, 0.15) is 24.8 Å². The van der Waals surface area contributed by atoms with E-state index >= 15 is 0 Å². The Morgan fingerprint density at radius 1 is 1.12 bits per heavy atom. The molecule has 1 heterocycles. The highest BCUT2D eigenvalue weighted by atomic mass is 16.5. The molecule has 1 aliphatic heterocycles. The van der Waals surface area contributed by atoms with Crippen LogP contribution in [0.2, 0.25) is 0 Å². The maximum absolute atomic E-state index is 12.6. The van der Waals surface area contributed by atoms with Crippen LogP contribution in [0.25, 0.3) is 0 Å². The molecule has 1 aromatic carbocycles. The zero-order chi connectivity index (χ0) is 18.4. The highest BCUT2D eigenvalue weighted by Gasteiger charge is 2.24. The lowest BCUT2D eigenvalue weighted by atomic mass is 10.0. The van der Waals surface area contributed by atoms with Gasteiger partial charge in [0.1, 0.15) is 0 Å². The third-order valence-corrected chi connectivity index (χ3v) is 4.98. The van der Waals surface area contributed by atoms with Gasteiger partial charge in [0.25, 0.3) is 0 Å². The molecule has 25 heavy (non-hydrogen) atoms. The summed E-state index contributed by atoms with van der Waals surface area (Å²) in [6, 6.07) is 4.16. The average molecular weight is 350 g/mol. The number of ether oxygens (including phenoxy) is 3. The van der Waals surface area contributed by atoms with E-state index in [1.54, 1.807) is 21.3 Å². The second kappa shape index (κ2) is 8.94. The van der Waals surface area contributed by atoms with Crippen LogP contribution in [0.15, 0.2) is 12.1 Å². The topological polar surface area (TPSA) is 51.2 Å². The summed E-state index contributed by atoms with van der Waals surface area (Å²) in [7, 11) is 8.83. The van der Waals surface area contributed by atoms with Crippen molar-refractivity contribution in [3.05, 3.63) is 17.7 Å². The van der Waals surface area contributed by atoms with Crippen LogP contribution in [-0.2, 0) is 11.2 Å². The van der Waals surface area contributed by atoms with Gasteiger partial charge in [-0.15, -0.1) is 0 Å². The molecule has 6 nitrogen and oxygen atoms in total. The Morgan fingerprint density at radius 3 is 2.16 bits per heavy atom. The Bertz CT molecular complexity index is 558. The Morgan fingerprint density at radius 2 is 1.68 bits per heavy atom.